The van der Waals surface area contributed by atoms with E-state index in [1.165, 1.54) is 12.1 Å². The molecule has 8 heteroatoms. The molecule has 0 amide bonds. The van der Waals surface area contributed by atoms with Crippen molar-refractivity contribution >= 4 is 27.1 Å². The van der Waals surface area contributed by atoms with Crippen LogP contribution < -0.4 is 4.72 Å². The number of carbonyl (C=O) groups is 1. The van der Waals surface area contributed by atoms with Crippen molar-refractivity contribution in [2.24, 2.45) is 0 Å². The van der Waals surface area contributed by atoms with Crippen LogP contribution in [0.4, 0.5) is 0 Å². The Balaban J connectivity index is 2.56. The van der Waals surface area contributed by atoms with Gasteiger partial charge in [0.15, 0.2) is 12.0 Å². The Hall–Kier alpha value is -0.990. The predicted molar refractivity (Wildman–Crippen MR) is 62.8 cm³/mol. The van der Waals surface area contributed by atoms with Gasteiger partial charge in [-0.2, -0.15) is 0 Å². The van der Waals surface area contributed by atoms with E-state index in [0.29, 0.717) is 18.5 Å². The Morgan fingerprint density at radius 3 is 2.71 bits per heavy atom. The van der Waals surface area contributed by atoms with Gasteiger partial charge < -0.3 is 4.42 Å². The third-order valence-corrected chi connectivity index (χ3v) is 4.08. The van der Waals surface area contributed by atoms with Gasteiger partial charge >= 0.3 is 0 Å². The molecule has 1 aromatic rings. The first-order valence-electron chi connectivity index (χ1n) is 4.80. The monoisotopic (exact) mass is 279 g/mol. The first kappa shape index (κ1) is 14.1. The number of hydrogen-bond acceptors (Lipinski definition) is 5. The summed E-state index contributed by atoms with van der Waals surface area (Å²) < 4.78 is 41.1. The Morgan fingerprint density at radius 2 is 2.18 bits per heavy atom. The zero-order valence-corrected chi connectivity index (χ0v) is 10.8. The molecule has 1 unspecified atom stereocenters. The third-order valence-electron chi connectivity index (χ3n) is 1.88. The van der Waals surface area contributed by atoms with E-state index in [-0.39, 0.29) is 17.4 Å². The van der Waals surface area contributed by atoms with Crippen LogP contribution in [0.5, 0.6) is 0 Å². The second kappa shape index (κ2) is 6.08. The molecule has 0 aliphatic carbocycles. The second-order valence-electron chi connectivity index (χ2n) is 3.30. The van der Waals surface area contributed by atoms with Gasteiger partial charge in [0.1, 0.15) is 0 Å². The summed E-state index contributed by atoms with van der Waals surface area (Å²) in [5, 5.41) is -0.294. The van der Waals surface area contributed by atoms with Gasteiger partial charge in [-0.15, -0.1) is 0 Å². The van der Waals surface area contributed by atoms with Crippen LogP contribution in [0, 0.1) is 0 Å². The minimum Gasteiger partial charge on any atom is -0.440 e. The lowest BCUT2D eigenvalue weighted by atomic mass is 10.5. The molecule has 0 aliphatic heterocycles. The lowest BCUT2D eigenvalue weighted by Crippen LogP contribution is -2.25. The smallest absolute Gasteiger partial charge is 0.273 e. The molecule has 6 nitrogen and oxygen atoms in total. The van der Waals surface area contributed by atoms with E-state index in [1.54, 1.807) is 6.26 Å². The highest BCUT2D eigenvalue weighted by Gasteiger charge is 2.17. The average Bonchev–Trinajstić information content (AvgIpc) is 2.73. The minimum atomic E-state index is -3.72. The van der Waals surface area contributed by atoms with Crippen molar-refractivity contribution in [3.05, 3.63) is 17.9 Å². The van der Waals surface area contributed by atoms with Crippen molar-refractivity contribution in [1.82, 2.24) is 4.72 Å². The minimum absolute atomic E-state index is 0.0416. The van der Waals surface area contributed by atoms with Crippen LogP contribution in [-0.4, -0.2) is 37.5 Å². The highest BCUT2D eigenvalue weighted by Crippen LogP contribution is 2.11. The number of carbonyl (C=O) groups excluding carboxylic acids is 1. The van der Waals surface area contributed by atoms with Crippen LogP contribution in [0.3, 0.4) is 0 Å². The Morgan fingerprint density at radius 1 is 1.47 bits per heavy atom. The fourth-order valence-electron chi connectivity index (χ4n) is 1.10. The quantitative estimate of drug-likeness (QED) is 0.566. The zero-order valence-electron chi connectivity index (χ0n) is 9.21. The van der Waals surface area contributed by atoms with E-state index in [9.17, 15) is 17.4 Å². The maximum Gasteiger partial charge on any atom is 0.273 e. The fraction of sp³-hybridized carbons (Fsp3) is 0.444. The van der Waals surface area contributed by atoms with Crippen LogP contribution in [-0.2, 0) is 20.8 Å². The molecular weight excluding hydrogens is 266 g/mol. The molecule has 0 aromatic carbocycles. The zero-order chi connectivity index (χ0) is 12.9. The molecule has 0 fully saturated rings. The second-order valence-corrected chi connectivity index (χ2v) is 6.56. The molecule has 0 saturated heterocycles. The number of hydrogen-bond donors (Lipinski definition) is 1. The molecule has 17 heavy (non-hydrogen) atoms. The summed E-state index contributed by atoms with van der Waals surface area (Å²) in [5.74, 6) is 0.389. The molecule has 0 bridgehead atoms. The molecular formula is C9H13NO5S2. The van der Waals surface area contributed by atoms with Crippen LogP contribution >= 0.6 is 0 Å². The molecule has 0 spiro atoms. The van der Waals surface area contributed by atoms with Gasteiger partial charge in [-0.3, -0.25) is 9.00 Å². The van der Waals surface area contributed by atoms with Crippen LogP contribution in [0.2, 0.25) is 0 Å². The van der Waals surface area contributed by atoms with Crippen molar-refractivity contribution in [2.75, 3.05) is 18.6 Å². The largest absolute Gasteiger partial charge is 0.440 e. The molecule has 1 heterocycles. The van der Waals surface area contributed by atoms with E-state index in [0.717, 1.165) is 0 Å². The summed E-state index contributed by atoms with van der Waals surface area (Å²) in [4.78, 5) is 10.3. The summed E-state index contributed by atoms with van der Waals surface area (Å²) >= 11 is 0. The number of rotatable bonds is 7. The van der Waals surface area contributed by atoms with Crippen molar-refractivity contribution in [3.63, 3.8) is 0 Å². The van der Waals surface area contributed by atoms with Crippen molar-refractivity contribution in [1.29, 1.82) is 0 Å². The summed E-state index contributed by atoms with van der Waals surface area (Å²) in [5.41, 5.74) is 0. The van der Waals surface area contributed by atoms with Gasteiger partial charge in [0.05, 0.1) is 0 Å². The summed E-state index contributed by atoms with van der Waals surface area (Å²) in [6.07, 6.45) is 2.46. The molecule has 96 valence electrons. The molecule has 1 atom stereocenters. The van der Waals surface area contributed by atoms with Crippen molar-refractivity contribution in [2.45, 2.75) is 11.5 Å². The maximum absolute atomic E-state index is 11.6. The fourth-order valence-corrected chi connectivity index (χ4v) is 2.65. The van der Waals surface area contributed by atoms with Gasteiger partial charge in [-0.25, -0.2) is 13.1 Å². The van der Waals surface area contributed by atoms with Crippen LogP contribution in [0.25, 0.3) is 0 Å². The predicted octanol–water partition coefficient (Wildman–Crippen LogP) is 0.139. The highest BCUT2D eigenvalue weighted by atomic mass is 32.2. The molecule has 0 saturated carbocycles. The van der Waals surface area contributed by atoms with E-state index in [4.69, 9.17) is 4.42 Å². The third kappa shape index (κ3) is 4.41. The van der Waals surface area contributed by atoms with E-state index in [2.05, 4.69) is 4.72 Å². The standard InChI is InChI=1S/C9H13NO5S2/c1-16(12)6-2-5-10-17(13,14)9-4-3-8(7-11)15-9/h3-4,7,10H,2,5-6H2,1H3. The molecule has 1 N–H and O–H groups in total. The SMILES string of the molecule is CS(=O)CCCNS(=O)(=O)c1ccc(C=O)o1. The average molecular weight is 279 g/mol. The number of nitrogens with one attached hydrogen (secondary N) is 1. The molecule has 1 rings (SSSR count). The summed E-state index contributed by atoms with van der Waals surface area (Å²) in [6, 6.07) is 2.49. The van der Waals surface area contributed by atoms with Gasteiger partial charge in [0.25, 0.3) is 10.0 Å². The molecule has 0 radical (unpaired) electrons. The van der Waals surface area contributed by atoms with Gasteiger partial charge in [-0.1, -0.05) is 0 Å². The highest BCUT2D eigenvalue weighted by molar-refractivity contribution is 7.89. The van der Waals surface area contributed by atoms with Gasteiger partial charge in [-0.05, 0) is 18.6 Å². The maximum atomic E-state index is 11.6. The van der Waals surface area contributed by atoms with E-state index >= 15 is 0 Å². The number of aldehydes is 1. The first-order valence-corrected chi connectivity index (χ1v) is 8.01. The van der Waals surface area contributed by atoms with E-state index in [1.807, 2.05) is 0 Å². The number of sulfonamides is 1. The normalized spacial score (nSPS) is 13.5. The topological polar surface area (TPSA) is 93.5 Å². The molecule has 1 aromatic heterocycles. The van der Waals surface area contributed by atoms with E-state index < -0.39 is 20.8 Å². The molecule has 0 aliphatic rings. The van der Waals surface area contributed by atoms with Crippen molar-refractivity contribution < 1.29 is 21.8 Å². The van der Waals surface area contributed by atoms with Crippen LogP contribution in [0.15, 0.2) is 21.6 Å². The Bertz CT molecular complexity index is 505. The lowest BCUT2D eigenvalue weighted by Gasteiger charge is -2.02. The number of furan rings is 1. The lowest BCUT2D eigenvalue weighted by molar-refractivity contribution is 0.109. The Labute approximate surface area is 102 Å². The summed E-state index contributed by atoms with van der Waals surface area (Å²) in [6.45, 7) is 0.180. The van der Waals surface area contributed by atoms with Gasteiger partial charge in [0.2, 0.25) is 5.09 Å². The summed E-state index contributed by atoms with van der Waals surface area (Å²) in [7, 11) is -4.66. The van der Waals surface area contributed by atoms with Gasteiger partial charge in [0, 0.05) is 29.4 Å². The van der Waals surface area contributed by atoms with Crippen molar-refractivity contribution in [3.8, 4) is 0 Å². The first-order chi connectivity index (χ1) is 7.95. The Kier molecular flexibility index (Phi) is 5.03. The van der Waals surface area contributed by atoms with Crippen LogP contribution in [0.1, 0.15) is 17.0 Å².